The van der Waals surface area contributed by atoms with E-state index in [1.54, 1.807) is 24.3 Å². The first-order valence-electron chi connectivity index (χ1n) is 7.12. The van der Waals surface area contributed by atoms with Crippen molar-refractivity contribution in [2.24, 2.45) is 11.1 Å². The molecule has 0 atom stereocenters. The highest BCUT2D eigenvalue weighted by Gasteiger charge is 2.42. The molecular weight excluding hydrogens is 270 g/mol. The van der Waals surface area contributed by atoms with Crippen LogP contribution in [0.3, 0.4) is 0 Å². The molecule has 114 valence electrons. The highest BCUT2D eigenvalue weighted by atomic mass is 16.3. The van der Waals surface area contributed by atoms with Crippen LogP contribution >= 0.6 is 0 Å². The number of hydrogen-bond acceptors (Lipinski definition) is 4. The first kappa shape index (κ1) is 15.5. The van der Waals surface area contributed by atoms with Crippen molar-refractivity contribution in [3.8, 4) is 0 Å². The molecule has 1 aromatic rings. The molecule has 1 saturated carbocycles. The van der Waals surface area contributed by atoms with Crippen LogP contribution in [0, 0.1) is 5.41 Å². The van der Waals surface area contributed by atoms with Crippen LogP contribution in [-0.4, -0.2) is 36.6 Å². The second-order valence-electron chi connectivity index (χ2n) is 5.35. The standard InChI is InChI=1S/C15H21N3O3/c16-10-15(6-1-7-15)14(21)18-12-4-2-11(3-5-12)13(20)17-8-9-19/h2-5,19H,1,6-10,16H2,(H,17,20)(H,18,21). The molecule has 6 nitrogen and oxygen atoms in total. The number of benzene rings is 1. The van der Waals surface area contributed by atoms with Gasteiger partial charge in [0.15, 0.2) is 0 Å². The van der Waals surface area contributed by atoms with Gasteiger partial charge in [0.1, 0.15) is 0 Å². The fourth-order valence-corrected chi connectivity index (χ4v) is 2.37. The Labute approximate surface area is 123 Å². The summed E-state index contributed by atoms with van der Waals surface area (Å²) in [5.41, 5.74) is 6.42. The SMILES string of the molecule is NCC1(C(=O)Nc2ccc(C(=O)NCCO)cc2)CCC1. The van der Waals surface area contributed by atoms with Crippen molar-refractivity contribution in [3.63, 3.8) is 0 Å². The number of aliphatic hydroxyl groups excluding tert-OH is 1. The van der Waals surface area contributed by atoms with E-state index in [0.29, 0.717) is 17.8 Å². The van der Waals surface area contributed by atoms with Gasteiger partial charge in [-0.05, 0) is 37.1 Å². The Hall–Kier alpha value is -1.92. The maximum absolute atomic E-state index is 12.2. The highest BCUT2D eigenvalue weighted by molar-refractivity contribution is 5.97. The molecular formula is C15H21N3O3. The summed E-state index contributed by atoms with van der Waals surface area (Å²) >= 11 is 0. The third kappa shape index (κ3) is 3.40. The van der Waals surface area contributed by atoms with Crippen LogP contribution in [0.4, 0.5) is 5.69 Å². The van der Waals surface area contributed by atoms with Gasteiger partial charge in [0, 0.05) is 24.3 Å². The van der Waals surface area contributed by atoms with E-state index in [2.05, 4.69) is 10.6 Å². The van der Waals surface area contributed by atoms with Crippen LogP contribution in [0.15, 0.2) is 24.3 Å². The third-order valence-electron chi connectivity index (χ3n) is 3.99. The molecule has 0 bridgehead atoms. The maximum atomic E-state index is 12.2. The number of nitrogens with one attached hydrogen (secondary N) is 2. The summed E-state index contributed by atoms with van der Waals surface area (Å²) in [5, 5.41) is 14.1. The predicted octanol–water partition coefficient (Wildman–Crippen LogP) is 0.476. The largest absolute Gasteiger partial charge is 0.395 e. The van der Waals surface area contributed by atoms with Crippen LogP contribution in [0.2, 0.25) is 0 Å². The molecule has 6 heteroatoms. The van der Waals surface area contributed by atoms with Crippen molar-refractivity contribution in [2.45, 2.75) is 19.3 Å². The van der Waals surface area contributed by atoms with Gasteiger partial charge < -0.3 is 21.5 Å². The van der Waals surface area contributed by atoms with Crippen LogP contribution in [0.1, 0.15) is 29.6 Å². The molecule has 0 saturated heterocycles. The van der Waals surface area contributed by atoms with Gasteiger partial charge in [0.05, 0.1) is 12.0 Å². The summed E-state index contributed by atoms with van der Waals surface area (Å²) < 4.78 is 0. The van der Waals surface area contributed by atoms with Crippen molar-refractivity contribution < 1.29 is 14.7 Å². The number of rotatable bonds is 6. The number of nitrogens with two attached hydrogens (primary N) is 1. The van der Waals surface area contributed by atoms with E-state index in [4.69, 9.17) is 10.8 Å². The van der Waals surface area contributed by atoms with Gasteiger partial charge in [-0.3, -0.25) is 9.59 Å². The topological polar surface area (TPSA) is 104 Å². The number of anilines is 1. The molecule has 1 fully saturated rings. The number of carbonyl (C=O) groups excluding carboxylic acids is 2. The molecule has 0 unspecified atom stereocenters. The van der Waals surface area contributed by atoms with E-state index in [0.717, 1.165) is 19.3 Å². The van der Waals surface area contributed by atoms with Crippen molar-refractivity contribution in [3.05, 3.63) is 29.8 Å². The molecule has 5 N–H and O–H groups in total. The highest BCUT2D eigenvalue weighted by Crippen LogP contribution is 2.40. The van der Waals surface area contributed by atoms with Crippen LogP contribution in [-0.2, 0) is 4.79 Å². The van der Waals surface area contributed by atoms with Crippen molar-refractivity contribution in [1.29, 1.82) is 0 Å². The van der Waals surface area contributed by atoms with Crippen molar-refractivity contribution in [2.75, 3.05) is 25.0 Å². The molecule has 1 aliphatic carbocycles. The van der Waals surface area contributed by atoms with Gasteiger partial charge in [0.2, 0.25) is 5.91 Å². The van der Waals surface area contributed by atoms with Gasteiger partial charge >= 0.3 is 0 Å². The summed E-state index contributed by atoms with van der Waals surface area (Å²) in [5.74, 6) is -0.298. The van der Waals surface area contributed by atoms with E-state index >= 15 is 0 Å². The zero-order valence-corrected chi connectivity index (χ0v) is 11.9. The van der Waals surface area contributed by atoms with Crippen LogP contribution in [0.25, 0.3) is 0 Å². The lowest BCUT2D eigenvalue weighted by atomic mass is 9.68. The van der Waals surface area contributed by atoms with Crippen molar-refractivity contribution in [1.82, 2.24) is 5.32 Å². The number of hydrogen-bond donors (Lipinski definition) is 4. The first-order chi connectivity index (χ1) is 10.1. The first-order valence-corrected chi connectivity index (χ1v) is 7.12. The molecule has 0 spiro atoms. The lowest BCUT2D eigenvalue weighted by Crippen LogP contribution is -2.47. The van der Waals surface area contributed by atoms with E-state index in [9.17, 15) is 9.59 Å². The molecule has 21 heavy (non-hydrogen) atoms. The Morgan fingerprint density at radius 1 is 1.24 bits per heavy atom. The summed E-state index contributed by atoms with van der Waals surface area (Å²) in [7, 11) is 0. The van der Waals surface area contributed by atoms with Gasteiger partial charge in [-0.25, -0.2) is 0 Å². The number of carbonyl (C=O) groups is 2. The maximum Gasteiger partial charge on any atom is 0.251 e. The molecule has 2 amide bonds. The van der Waals surface area contributed by atoms with Gasteiger partial charge in [-0.2, -0.15) is 0 Å². The molecule has 2 rings (SSSR count). The number of amides is 2. The summed E-state index contributed by atoms with van der Waals surface area (Å²) in [4.78, 5) is 23.9. The van der Waals surface area contributed by atoms with Crippen molar-refractivity contribution >= 4 is 17.5 Å². The molecule has 0 heterocycles. The minimum absolute atomic E-state index is 0.0475. The van der Waals surface area contributed by atoms with Gasteiger partial charge in [0.25, 0.3) is 5.91 Å². The molecule has 1 aromatic carbocycles. The second-order valence-corrected chi connectivity index (χ2v) is 5.35. The van der Waals surface area contributed by atoms with E-state index < -0.39 is 5.41 Å². The predicted molar refractivity (Wildman–Crippen MR) is 79.8 cm³/mol. The Kier molecular flexibility index (Phi) is 4.93. The molecule has 0 aliphatic heterocycles. The van der Waals surface area contributed by atoms with E-state index in [1.807, 2.05) is 0 Å². The fraction of sp³-hybridized carbons (Fsp3) is 0.467. The lowest BCUT2D eigenvalue weighted by Gasteiger charge is -2.39. The Balaban J connectivity index is 1.96. The summed E-state index contributed by atoms with van der Waals surface area (Å²) in [6.45, 7) is 0.484. The zero-order chi connectivity index (χ0) is 15.3. The quantitative estimate of drug-likeness (QED) is 0.611. The normalized spacial score (nSPS) is 15.9. The average Bonchev–Trinajstić information content (AvgIpc) is 2.45. The molecule has 0 aromatic heterocycles. The number of aliphatic hydroxyl groups is 1. The van der Waals surface area contributed by atoms with E-state index in [1.165, 1.54) is 0 Å². The summed E-state index contributed by atoms with van der Waals surface area (Å²) in [6.07, 6.45) is 2.70. The fourth-order valence-electron chi connectivity index (χ4n) is 2.37. The monoisotopic (exact) mass is 291 g/mol. The Morgan fingerprint density at radius 3 is 2.38 bits per heavy atom. The molecule has 1 aliphatic rings. The lowest BCUT2D eigenvalue weighted by molar-refractivity contribution is -0.129. The van der Waals surface area contributed by atoms with Gasteiger partial charge in [-0.15, -0.1) is 0 Å². The van der Waals surface area contributed by atoms with Crippen LogP contribution in [0.5, 0.6) is 0 Å². The Morgan fingerprint density at radius 2 is 1.90 bits per heavy atom. The van der Waals surface area contributed by atoms with Crippen LogP contribution < -0.4 is 16.4 Å². The smallest absolute Gasteiger partial charge is 0.251 e. The second kappa shape index (κ2) is 6.69. The Bertz CT molecular complexity index is 504. The summed E-state index contributed by atoms with van der Waals surface area (Å²) in [6, 6.07) is 6.65. The minimum Gasteiger partial charge on any atom is -0.395 e. The minimum atomic E-state index is -0.419. The van der Waals surface area contributed by atoms with E-state index in [-0.39, 0.29) is 25.0 Å². The molecule has 0 radical (unpaired) electrons. The third-order valence-corrected chi connectivity index (χ3v) is 3.99. The van der Waals surface area contributed by atoms with Gasteiger partial charge in [-0.1, -0.05) is 6.42 Å². The zero-order valence-electron chi connectivity index (χ0n) is 11.9. The average molecular weight is 291 g/mol.